The van der Waals surface area contributed by atoms with Crippen LogP contribution in [0.4, 0.5) is 27.1 Å². The number of guanidine groups is 1. The van der Waals surface area contributed by atoms with Crippen molar-refractivity contribution in [3.63, 3.8) is 0 Å². The number of nitrogens with one attached hydrogen (secondary N) is 1. The molecule has 0 aromatic carbocycles. The Bertz CT molecular complexity index is 502. The second-order valence-electron chi connectivity index (χ2n) is 4.01. The Morgan fingerprint density at radius 3 is 2.64 bits per heavy atom. The fourth-order valence-corrected chi connectivity index (χ4v) is 2.60. The molecule has 1 aromatic rings. The van der Waals surface area contributed by atoms with E-state index >= 15 is 0 Å². The Morgan fingerprint density at radius 1 is 1.36 bits per heavy atom. The van der Waals surface area contributed by atoms with Crippen LogP contribution in [-0.2, 0) is 5.75 Å². The summed E-state index contributed by atoms with van der Waals surface area (Å²) in [7, 11) is 0. The highest BCUT2D eigenvalue weighted by molar-refractivity contribution is 7.98. The number of thioether (sulfide) groups is 1. The van der Waals surface area contributed by atoms with E-state index in [2.05, 4.69) is 15.3 Å². The molecule has 1 rings (SSSR count). The second-order valence-corrected chi connectivity index (χ2v) is 5.98. The molecule has 0 atom stereocenters. The van der Waals surface area contributed by atoms with Gasteiger partial charge >= 0.3 is 12.1 Å². The van der Waals surface area contributed by atoms with Gasteiger partial charge in [0.05, 0.1) is 5.69 Å². The lowest BCUT2D eigenvalue weighted by Gasteiger charge is -2.17. The van der Waals surface area contributed by atoms with Gasteiger partial charge < -0.3 is 16.8 Å². The lowest BCUT2D eigenvalue weighted by Crippen LogP contribution is -2.40. The van der Waals surface area contributed by atoms with Crippen molar-refractivity contribution in [3.8, 4) is 0 Å². The summed E-state index contributed by atoms with van der Waals surface area (Å²) in [6, 6.07) is 0. The van der Waals surface area contributed by atoms with Crippen LogP contribution in [0.5, 0.6) is 0 Å². The van der Waals surface area contributed by atoms with E-state index in [0.717, 1.165) is 22.8 Å². The molecular formula is C10H14F5N5S2. The van der Waals surface area contributed by atoms with Gasteiger partial charge in [0, 0.05) is 23.4 Å². The summed E-state index contributed by atoms with van der Waals surface area (Å²) in [6.45, 7) is -1.24. The van der Waals surface area contributed by atoms with E-state index in [1.54, 1.807) is 17.1 Å². The Morgan fingerprint density at radius 2 is 2.05 bits per heavy atom. The van der Waals surface area contributed by atoms with Crippen molar-refractivity contribution in [3.05, 3.63) is 11.1 Å². The standard InChI is InChI=1S/C10H14F5N5S2/c11-9(12,10(13,14)15)5-18-7(17)20-8-19-6(4-22-8)3-21-2-1-16/h4H,1-3,5,16H2,(H3,17,18,19,20). The molecule has 5 nitrogen and oxygen atoms in total. The van der Waals surface area contributed by atoms with Crippen molar-refractivity contribution >= 4 is 34.2 Å². The Hall–Kier alpha value is -1.14. The van der Waals surface area contributed by atoms with E-state index < -0.39 is 24.6 Å². The Labute approximate surface area is 131 Å². The van der Waals surface area contributed by atoms with Crippen LogP contribution in [0.25, 0.3) is 0 Å². The molecule has 0 unspecified atom stereocenters. The topological polar surface area (TPSA) is 89.3 Å². The van der Waals surface area contributed by atoms with E-state index in [1.165, 1.54) is 0 Å². The van der Waals surface area contributed by atoms with Gasteiger partial charge in [-0.15, -0.1) is 11.3 Å². The number of halogens is 5. The number of nitrogens with zero attached hydrogens (tertiary/aromatic N) is 2. The minimum atomic E-state index is -5.66. The van der Waals surface area contributed by atoms with Gasteiger partial charge in [0.25, 0.3) is 0 Å². The van der Waals surface area contributed by atoms with Gasteiger partial charge in [-0.05, 0) is 0 Å². The number of aromatic nitrogens is 1. The van der Waals surface area contributed by atoms with Crippen LogP contribution < -0.4 is 16.8 Å². The molecule has 0 aliphatic carbocycles. The molecule has 0 saturated heterocycles. The molecule has 1 heterocycles. The maximum absolute atomic E-state index is 12.7. The number of alkyl halides is 5. The summed E-state index contributed by atoms with van der Waals surface area (Å²) < 4.78 is 61.2. The van der Waals surface area contributed by atoms with Crippen LogP contribution in [0.3, 0.4) is 0 Å². The van der Waals surface area contributed by atoms with E-state index in [1.807, 2.05) is 0 Å². The van der Waals surface area contributed by atoms with Crippen LogP contribution in [0.15, 0.2) is 10.4 Å². The molecule has 0 bridgehead atoms. The molecule has 22 heavy (non-hydrogen) atoms. The molecule has 0 amide bonds. The molecule has 0 fully saturated rings. The number of rotatable bonds is 7. The third kappa shape index (κ3) is 5.93. The summed E-state index contributed by atoms with van der Waals surface area (Å²) >= 11 is 2.70. The lowest BCUT2D eigenvalue weighted by atomic mass is 10.3. The average Bonchev–Trinajstić information content (AvgIpc) is 2.83. The lowest BCUT2D eigenvalue weighted by molar-refractivity contribution is -0.276. The maximum Gasteiger partial charge on any atom is 0.455 e. The number of hydrogen-bond acceptors (Lipinski definition) is 5. The quantitative estimate of drug-likeness (QED) is 0.299. The fourth-order valence-electron chi connectivity index (χ4n) is 1.11. The third-order valence-electron chi connectivity index (χ3n) is 2.16. The van der Waals surface area contributed by atoms with Gasteiger partial charge in [0.15, 0.2) is 11.1 Å². The molecule has 0 radical (unpaired) electrons. The highest BCUT2D eigenvalue weighted by Crippen LogP contribution is 2.35. The normalized spacial score (nSPS) is 13.5. The summed E-state index contributed by atoms with van der Waals surface area (Å²) in [4.78, 5) is 7.09. The summed E-state index contributed by atoms with van der Waals surface area (Å²) in [5.74, 6) is -4.11. The Kier molecular flexibility index (Phi) is 6.81. The largest absolute Gasteiger partial charge is 0.455 e. The van der Waals surface area contributed by atoms with Crippen LogP contribution in [0, 0.1) is 0 Å². The SMILES string of the molecule is NCCSCc1csc(NC(N)=NCC(F)(F)C(F)(F)F)n1. The summed E-state index contributed by atoms with van der Waals surface area (Å²) in [5.41, 5.74) is 11.3. The molecular weight excluding hydrogens is 349 g/mol. The molecule has 0 spiro atoms. The summed E-state index contributed by atoms with van der Waals surface area (Å²) in [6.07, 6.45) is -5.66. The molecule has 0 saturated carbocycles. The van der Waals surface area contributed by atoms with Gasteiger partial charge in [-0.25, -0.2) is 9.98 Å². The van der Waals surface area contributed by atoms with Gasteiger partial charge in [0.1, 0.15) is 6.54 Å². The smallest absolute Gasteiger partial charge is 0.370 e. The third-order valence-corrected chi connectivity index (χ3v) is 3.99. The first kappa shape index (κ1) is 18.9. The Balaban J connectivity index is 2.54. The van der Waals surface area contributed by atoms with Gasteiger partial charge in [-0.1, -0.05) is 0 Å². The van der Waals surface area contributed by atoms with Crippen LogP contribution in [0.2, 0.25) is 0 Å². The zero-order chi connectivity index (χ0) is 16.8. The van der Waals surface area contributed by atoms with E-state index in [9.17, 15) is 22.0 Å². The van der Waals surface area contributed by atoms with Gasteiger partial charge in [-0.3, -0.25) is 0 Å². The molecule has 12 heteroatoms. The molecule has 1 aromatic heterocycles. The van der Waals surface area contributed by atoms with Crippen LogP contribution in [-0.4, -0.2) is 41.9 Å². The number of thiazole rings is 1. The van der Waals surface area contributed by atoms with E-state index in [-0.39, 0.29) is 5.13 Å². The van der Waals surface area contributed by atoms with Crippen molar-refractivity contribution < 1.29 is 22.0 Å². The van der Waals surface area contributed by atoms with Gasteiger partial charge in [0.2, 0.25) is 0 Å². The minimum absolute atomic E-state index is 0.264. The minimum Gasteiger partial charge on any atom is -0.370 e. The van der Waals surface area contributed by atoms with Crippen molar-refractivity contribution in [2.75, 3.05) is 24.2 Å². The average molecular weight is 363 g/mol. The number of anilines is 1. The highest BCUT2D eigenvalue weighted by Gasteiger charge is 2.57. The first-order valence-electron chi connectivity index (χ1n) is 5.89. The van der Waals surface area contributed by atoms with E-state index in [0.29, 0.717) is 12.3 Å². The van der Waals surface area contributed by atoms with Gasteiger partial charge in [-0.2, -0.15) is 33.7 Å². The van der Waals surface area contributed by atoms with Crippen LogP contribution >= 0.6 is 23.1 Å². The predicted molar refractivity (Wildman–Crippen MR) is 78.4 cm³/mol. The predicted octanol–water partition coefficient (Wildman–Crippen LogP) is 2.26. The first-order chi connectivity index (χ1) is 10.2. The number of nitrogens with two attached hydrogens (primary N) is 2. The number of aliphatic imine (C=N–C) groups is 1. The van der Waals surface area contributed by atoms with Crippen LogP contribution in [0.1, 0.15) is 5.69 Å². The molecule has 5 N–H and O–H groups in total. The molecule has 0 aliphatic rings. The summed E-state index contributed by atoms with van der Waals surface area (Å²) in [5, 5.41) is 4.35. The monoisotopic (exact) mass is 363 g/mol. The zero-order valence-corrected chi connectivity index (χ0v) is 12.8. The van der Waals surface area contributed by atoms with Crippen molar-refractivity contribution in [1.82, 2.24) is 4.98 Å². The highest BCUT2D eigenvalue weighted by atomic mass is 32.2. The van der Waals surface area contributed by atoms with E-state index in [4.69, 9.17) is 11.5 Å². The number of hydrogen-bond donors (Lipinski definition) is 3. The van der Waals surface area contributed by atoms with Crippen molar-refractivity contribution in [2.24, 2.45) is 16.5 Å². The fraction of sp³-hybridized carbons (Fsp3) is 0.600. The maximum atomic E-state index is 12.7. The first-order valence-corrected chi connectivity index (χ1v) is 7.93. The second kappa shape index (κ2) is 7.92. The molecule has 0 aliphatic heterocycles. The van der Waals surface area contributed by atoms with Crippen molar-refractivity contribution in [2.45, 2.75) is 17.9 Å². The van der Waals surface area contributed by atoms with Crippen molar-refractivity contribution in [1.29, 1.82) is 0 Å². The molecule has 126 valence electrons. The zero-order valence-electron chi connectivity index (χ0n) is 11.2.